The zero-order chi connectivity index (χ0) is 13.9. The van der Waals surface area contributed by atoms with Crippen molar-refractivity contribution in [3.8, 4) is 17.0 Å². The number of ether oxygens (including phenoxy) is 1. The van der Waals surface area contributed by atoms with Gasteiger partial charge in [0.25, 0.3) is 0 Å². The molecule has 0 amide bonds. The molecule has 0 saturated carbocycles. The highest BCUT2D eigenvalue weighted by atomic mass is 19.4. The Morgan fingerprint density at radius 1 is 1.11 bits per heavy atom. The van der Waals surface area contributed by atoms with Gasteiger partial charge in [-0.2, -0.15) is 13.2 Å². The lowest BCUT2D eigenvalue weighted by Gasteiger charge is -2.14. The van der Waals surface area contributed by atoms with Gasteiger partial charge in [0.2, 0.25) is 0 Å². The summed E-state index contributed by atoms with van der Waals surface area (Å²) in [5.41, 5.74) is -0.529. The second-order valence-electron chi connectivity index (χ2n) is 3.83. The lowest BCUT2D eigenvalue weighted by molar-refractivity contribution is -0.137. The summed E-state index contributed by atoms with van der Waals surface area (Å²) in [6.45, 7) is 2.16. The first-order valence-corrected chi connectivity index (χ1v) is 5.78. The van der Waals surface area contributed by atoms with E-state index in [1.807, 2.05) is 0 Å². The van der Waals surface area contributed by atoms with E-state index in [4.69, 9.17) is 4.74 Å². The Kier molecular flexibility index (Phi) is 3.74. The summed E-state index contributed by atoms with van der Waals surface area (Å²) in [7, 11) is 0. The molecule has 0 bridgehead atoms. The predicted octanol–water partition coefficient (Wildman–Crippen LogP) is 4.17. The van der Waals surface area contributed by atoms with Crippen molar-refractivity contribution in [2.75, 3.05) is 6.61 Å². The minimum Gasteiger partial charge on any atom is -0.493 e. The van der Waals surface area contributed by atoms with E-state index in [9.17, 15) is 13.2 Å². The molecule has 0 fully saturated rings. The summed E-state index contributed by atoms with van der Waals surface area (Å²) in [6.07, 6.45) is -3.10. The molecule has 5 heteroatoms. The van der Waals surface area contributed by atoms with Crippen LogP contribution in [0.3, 0.4) is 0 Å². The third-order valence-electron chi connectivity index (χ3n) is 2.56. The fourth-order valence-electron chi connectivity index (χ4n) is 1.79. The summed E-state index contributed by atoms with van der Waals surface area (Å²) in [5, 5.41) is 0. The summed E-state index contributed by atoms with van der Waals surface area (Å²) < 4.78 is 44.3. The smallest absolute Gasteiger partial charge is 0.418 e. The van der Waals surface area contributed by atoms with Crippen molar-refractivity contribution in [3.05, 3.63) is 48.2 Å². The molecule has 0 saturated heterocycles. The standard InChI is InChI=1S/C14H12F3NO/c1-2-19-12-8-4-3-6-10(12)13-11(14(15,16)17)7-5-9-18-13/h3-9H,2H2,1H3. The van der Waals surface area contributed by atoms with E-state index in [-0.39, 0.29) is 5.69 Å². The van der Waals surface area contributed by atoms with E-state index < -0.39 is 11.7 Å². The summed E-state index contributed by atoms with van der Waals surface area (Å²) in [6, 6.07) is 8.87. The molecule has 0 aliphatic carbocycles. The highest BCUT2D eigenvalue weighted by molar-refractivity contribution is 5.70. The van der Waals surface area contributed by atoms with Gasteiger partial charge in [-0.15, -0.1) is 0 Å². The van der Waals surface area contributed by atoms with Crippen molar-refractivity contribution < 1.29 is 17.9 Å². The van der Waals surface area contributed by atoms with Crippen LogP contribution in [0.4, 0.5) is 13.2 Å². The molecule has 0 unspecified atom stereocenters. The zero-order valence-electron chi connectivity index (χ0n) is 10.2. The number of pyridine rings is 1. The first-order chi connectivity index (χ1) is 9.04. The molecule has 2 rings (SSSR count). The van der Waals surface area contributed by atoms with E-state index in [1.54, 1.807) is 31.2 Å². The number of aromatic nitrogens is 1. The molecule has 0 aliphatic heterocycles. The van der Waals surface area contributed by atoms with Crippen LogP contribution in [0.25, 0.3) is 11.3 Å². The van der Waals surface area contributed by atoms with Crippen molar-refractivity contribution in [2.24, 2.45) is 0 Å². The second kappa shape index (κ2) is 5.30. The molecular weight excluding hydrogens is 255 g/mol. The van der Waals surface area contributed by atoms with Gasteiger partial charge in [-0.25, -0.2) is 0 Å². The Balaban J connectivity index is 2.60. The Bertz CT molecular complexity index is 567. The van der Waals surface area contributed by atoms with E-state index in [0.717, 1.165) is 6.07 Å². The number of hydrogen-bond donors (Lipinski definition) is 0. The van der Waals surface area contributed by atoms with Crippen LogP contribution < -0.4 is 4.74 Å². The molecule has 0 atom stereocenters. The van der Waals surface area contributed by atoms with Crippen molar-refractivity contribution >= 4 is 0 Å². The van der Waals surface area contributed by atoms with Crippen LogP contribution in [0.2, 0.25) is 0 Å². The van der Waals surface area contributed by atoms with Crippen LogP contribution in [-0.4, -0.2) is 11.6 Å². The van der Waals surface area contributed by atoms with E-state index in [1.165, 1.54) is 12.3 Å². The minimum absolute atomic E-state index is 0.112. The lowest BCUT2D eigenvalue weighted by atomic mass is 10.0. The quantitative estimate of drug-likeness (QED) is 0.832. The van der Waals surface area contributed by atoms with Crippen LogP contribution in [0.15, 0.2) is 42.6 Å². The molecular formula is C14H12F3NO. The number of rotatable bonds is 3. The molecule has 1 heterocycles. The lowest BCUT2D eigenvalue weighted by Crippen LogP contribution is -2.08. The van der Waals surface area contributed by atoms with Crippen LogP contribution in [0.1, 0.15) is 12.5 Å². The Morgan fingerprint density at radius 3 is 2.53 bits per heavy atom. The third kappa shape index (κ3) is 2.86. The van der Waals surface area contributed by atoms with Crippen LogP contribution in [0, 0.1) is 0 Å². The zero-order valence-corrected chi connectivity index (χ0v) is 10.2. The van der Waals surface area contributed by atoms with Crippen molar-refractivity contribution in [1.29, 1.82) is 0 Å². The minimum atomic E-state index is -4.44. The van der Waals surface area contributed by atoms with E-state index >= 15 is 0 Å². The first-order valence-electron chi connectivity index (χ1n) is 5.78. The second-order valence-corrected chi connectivity index (χ2v) is 3.83. The van der Waals surface area contributed by atoms with E-state index in [2.05, 4.69) is 4.98 Å². The van der Waals surface area contributed by atoms with E-state index in [0.29, 0.717) is 17.9 Å². The molecule has 0 radical (unpaired) electrons. The number of benzene rings is 1. The normalized spacial score (nSPS) is 11.4. The maximum absolute atomic E-state index is 13.0. The molecule has 100 valence electrons. The molecule has 2 nitrogen and oxygen atoms in total. The summed E-state index contributed by atoms with van der Waals surface area (Å²) >= 11 is 0. The number of nitrogens with zero attached hydrogens (tertiary/aromatic N) is 1. The van der Waals surface area contributed by atoms with Crippen molar-refractivity contribution in [2.45, 2.75) is 13.1 Å². The Hall–Kier alpha value is -2.04. The third-order valence-corrected chi connectivity index (χ3v) is 2.56. The molecule has 2 aromatic rings. The van der Waals surface area contributed by atoms with Crippen LogP contribution >= 0.6 is 0 Å². The number of alkyl halides is 3. The fourth-order valence-corrected chi connectivity index (χ4v) is 1.79. The predicted molar refractivity (Wildman–Crippen MR) is 65.8 cm³/mol. The number of para-hydroxylation sites is 1. The summed E-state index contributed by atoms with van der Waals surface area (Å²) in [4.78, 5) is 3.86. The molecule has 0 N–H and O–H groups in total. The largest absolute Gasteiger partial charge is 0.493 e. The van der Waals surface area contributed by atoms with Gasteiger partial charge in [-0.05, 0) is 31.2 Å². The maximum atomic E-state index is 13.0. The van der Waals surface area contributed by atoms with Crippen molar-refractivity contribution in [1.82, 2.24) is 4.98 Å². The highest BCUT2D eigenvalue weighted by Crippen LogP contribution is 2.38. The monoisotopic (exact) mass is 267 g/mol. The van der Waals surface area contributed by atoms with Gasteiger partial charge in [0.1, 0.15) is 5.75 Å². The van der Waals surface area contributed by atoms with Gasteiger partial charge in [0, 0.05) is 11.8 Å². The fraction of sp³-hybridized carbons (Fsp3) is 0.214. The van der Waals surface area contributed by atoms with Gasteiger partial charge in [-0.3, -0.25) is 4.98 Å². The number of hydrogen-bond acceptors (Lipinski definition) is 2. The van der Waals surface area contributed by atoms with Gasteiger partial charge < -0.3 is 4.74 Å². The number of halogens is 3. The SMILES string of the molecule is CCOc1ccccc1-c1ncccc1C(F)(F)F. The maximum Gasteiger partial charge on any atom is 0.418 e. The Morgan fingerprint density at radius 2 is 1.84 bits per heavy atom. The van der Waals surface area contributed by atoms with Crippen LogP contribution in [-0.2, 0) is 6.18 Å². The molecule has 19 heavy (non-hydrogen) atoms. The summed E-state index contributed by atoms with van der Waals surface area (Å²) in [5.74, 6) is 0.397. The topological polar surface area (TPSA) is 22.1 Å². The highest BCUT2D eigenvalue weighted by Gasteiger charge is 2.34. The molecule has 0 aliphatic rings. The molecule has 0 spiro atoms. The van der Waals surface area contributed by atoms with Gasteiger partial charge in [0.05, 0.1) is 17.9 Å². The van der Waals surface area contributed by atoms with Gasteiger partial charge >= 0.3 is 6.18 Å². The van der Waals surface area contributed by atoms with Gasteiger partial charge in [0.15, 0.2) is 0 Å². The Labute approximate surface area is 108 Å². The molecule has 1 aromatic heterocycles. The average Bonchev–Trinajstić information content (AvgIpc) is 2.39. The average molecular weight is 267 g/mol. The molecule has 1 aromatic carbocycles. The van der Waals surface area contributed by atoms with Crippen molar-refractivity contribution in [3.63, 3.8) is 0 Å². The van der Waals surface area contributed by atoms with Crippen LogP contribution in [0.5, 0.6) is 5.75 Å². The first kappa shape index (κ1) is 13.4. The van der Waals surface area contributed by atoms with Gasteiger partial charge in [-0.1, -0.05) is 12.1 Å².